The number of ether oxygens (including phenoxy) is 2. The van der Waals surface area contributed by atoms with Crippen molar-refractivity contribution in [2.45, 2.75) is 46.0 Å². The molecule has 1 N–H and O–H groups in total. The Morgan fingerprint density at radius 3 is 2.59 bits per heavy atom. The van der Waals surface area contributed by atoms with Gasteiger partial charge in [-0.1, -0.05) is 12.1 Å². The third-order valence-corrected chi connectivity index (χ3v) is 5.74. The molecule has 0 radical (unpaired) electrons. The molecular weight excluding hydrogens is 362 g/mol. The van der Waals surface area contributed by atoms with Gasteiger partial charge in [0.2, 0.25) is 5.91 Å². The van der Waals surface area contributed by atoms with Crippen molar-refractivity contribution in [1.29, 1.82) is 0 Å². The molecule has 0 saturated carbocycles. The number of hydrogen-bond donors (Lipinski definition) is 1. The molecule has 0 spiro atoms. The maximum absolute atomic E-state index is 12.4. The molecule has 5 nitrogen and oxygen atoms in total. The van der Waals surface area contributed by atoms with Crippen molar-refractivity contribution in [3.8, 4) is 5.75 Å². The third-order valence-electron chi connectivity index (χ3n) is 4.53. The molecule has 0 aliphatic heterocycles. The van der Waals surface area contributed by atoms with Crippen LogP contribution in [0.1, 0.15) is 53.1 Å². The number of benzene rings is 1. The van der Waals surface area contributed by atoms with E-state index in [1.165, 1.54) is 16.2 Å². The Bertz CT molecular complexity index is 810. The maximum atomic E-state index is 12.4. The zero-order chi connectivity index (χ0) is 19.2. The van der Waals surface area contributed by atoms with Gasteiger partial charge < -0.3 is 14.8 Å². The number of amides is 1. The summed E-state index contributed by atoms with van der Waals surface area (Å²) in [5.74, 6) is 0.408. The zero-order valence-electron chi connectivity index (χ0n) is 15.8. The Morgan fingerprint density at radius 1 is 1.11 bits per heavy atom. The van der Waals surface area contributed by atoms with Crippen LogP contribution in [-0.4, -0.2) is 25.1 Å². The summed E-state index contributed by atoms with van der Waals surface area (Å²) < 4.78 is 10.6. The lowest BCUT2D eigenvalue weighted by atomic mass is 10.1. The molecule has 144 valence electrons. The molecule has 3 rings (SSSR count). The van der Waals surface area contributed by atoms with E-state index in [0.717, 1.165) is 36.1 Å². The lowest BCUT2D eigenvalue weighted by Gasteiger charge is -2.08. The van der Waals surface area contributed by atoms with Crippen LogP contribution in [0.3, 0.4) is 0 Å². The van der Waals surface area contributed by atoms with E-state index >= 15 is 0 Å². The Kier molecular flexibility index (Phi) is 6.50. The second-order valence-corrected chi connectivity index (χ2v) is 7.51. The van der Waals surface area contributed by atoms with Gasteiger partial charge in [0.25, 0.3) is 0 Å². The Balaban J connectivity index is 1.63. The summed E-state index contributed by atoms with van der Waals surface area (Å²) in [6.45, 7) is 4.70. The van der Waals surface area contributed by atoms with E-state index in [4.69, 9.17) is 9.47 Å². The van der Waals surface area contributed by atoms with Crippen molar-refractivity contribution < 1.29 is 19.1 Å². The number of fused-ring (bicyclic) bond motifs is 1. The number of carbonyl (C=O) groups is 2. The SMILES string of the molecule is CCOC(=O)c1c(NC(=O)CCc2ccc(OCC)cc2)sc2c1CCC2. The minimum Gasteiger partial charge on any atom is -0.494 e. The van der Waals surface area contributed by atoms with E-state index in [0.29, 0.717) is 36.6 Å². The summed E-state index contributed by atoms with van der Waals surface area (Å²) >= 11 is 1.51. The van der Waals surface area contributed by atoms with Gasteiger partial charge in [-0.05, 0) is 62.8 Å². The van der Waals surface area contributed by atoms with E-state index in [2.05, 4.69) is 5.32 Å². The van der Waals surface area contributed by atoms with Gasteiger partial charge in [0, 0.05) is 11.3 Å². The number of aryl methyl sites for hydroxylation is 2. The largest absolute Gasteiger partial charge is 0.494 e. The molecule has 1 aliphatic rings. The summed E-state index contributed by atoms with van der Waals surface area (Å²) in [5.41, 5.74) is 2.69. The molecule has 0 unspecified atom stereocenters. The van der Waals surface area contributed by atoms with Gasteiger partial charge in [-0.3, -0.25) is 4.79 Å². The van der Waals surface area contributed by atoms with Gasteiger partial charge in [-0.15, -0.1) is 11.3 Å². The average Bonchev–Trinajstić information content (AvgIpc) is 3.22. The molecule has 1 aliphatic carbocycles. The van der Waals surface area contributed by atoms with Crippen molar-refractivity contribution >= 4 is 28.2 Å². The first-order chi connectivity index (χ1) is 13.1. The van der Waals surface area contributed by atoms with Crippen molar-refractivity contribution in [1.82, 2.24) is 0 Å². The molecule has 0 saturated heterocycles. The number of thiophene rings is 1. The van der Waals surface area contributed by atoms with E-state index in [9.17, 15) is 9.59 Å². The average molecular weight is 388 g/mol. The van der Waals surface area contributed by atoms with E-state index in [1.807, 2.05) is 31.2 Å². The lowest BCUT2D eigenvalue weighted by molar-refractivity contribution is -0.116. The molecule has 0 atom stereocenters. The number of anilines is 1. The zero-order valence-corrected chi connectivity index (χ0v) is 16.6. The Labute approximate surface area is 163 Å². The molecule has 1 amide bonds. The highest BCUT2D eigenvalue weighted by Gasteiger charge is 2.28. The molecule has 1 aromatic heterocycles. The van der Waals surface area contributed by atoms with Crippen LogP contribution in [0.25, 0.3) is 0 Å². The number of esters is 1. The van der Waals surface area contributed by atoms with Crippen LogP contribution in [0.15, 0.2) is 24.3 Å². The lowest BCUT2D eigenvalue weighted by Crippen LogP contribution is -2.15. The minimum atomic E-state index is -0.335. The van der Waals surface area contributed by atoms with E-state index < -0.39 is 0 Å². The monoisotopic (exact) mass is 387 g/mol. The quantitative estimate of drug-likeness (QED) is 0.683. The Morgan fingerprint density at radius 2 is 1.89 bits per heavy atom. The van der Waals surface area contributed by atoms with Gasteiger partial charge in [0.05, 0.1) is 18.8 Å². The summed E-state index contributed by atoms with van der Waals surface area (Å²) in [6.07, 6.45) is 3.90. The summed E-state index contributed by atoms with van der Waals surface area (Å²) in [4.78, 5) is 26.0. The third kappa shape index (κ3) is 4.69. The predicted octanol–water partition coefficient (Wildman–Crippen LogP) is 4.38. The van der Waals surface area contributed by atoms with Crippen LogP contribution < -0.4 is 10.1 Å². The van der Waals surface area contributed by atoms with Gasteiger partial charge in [-0.2, -0.15) is 0 Å². The van der Waals surface area contributed by atoms with Gasteiger partial charge >= 0.3 is 5.97 Å². The highest BCUT2D eigenvalue weighted by molar-refractivity contribution is 7.17. The van der Waals surface area contributed by atoms with Crippen LogP contribution in [0.5, 0.6) is 5.75 Å². The second-order valence-electron chi connectivity index (χ2n) is 6.41. The molecule has 0 fully saturated rings. The van der Waals surface area contributed by atoms with Crippen molar-refractivity contribution in [2.75, 3.05) is 18.5 Å². The first-order valence-corrected chi connectivity index (χ1v) is 10.3. The minimum absolute atomic E-state index is 0.0886. The fraction of sp³-hybridized carbons (Fsp3) is 0.429. The number of hydrogen-bond acceptors (Lipinski definition) is 5. The van der Waals surface area contributed by atoms with Gasteiger partial charge in [0.15, 0.2) is 0 Å². The summed E-state index contributed by atoms with van der Waals surface area (Å²) in [6, 6.07) is 7.78. The smallest absolute Gasteiger partial charge is 0.341 e. The number of carbonyl (C=O) groups excluding carboxylic acids is 2. The van der Waals surface area contributed by atoms with Crippen LogP contribution in [0.4, 0.5) is 5.00 Å². The second kappa shape index (κ2) is 9.04. The maximum Gasteiger partial charge on any atom is 0.341 e. The van der Waals surface area contributed by atoms with Crippen LogP contribution in [0.2, 0.25) is 0 Å². The first-order valence-electron chi connectivity index (χ1n) is 9.45. The highest BCUT2D eigenvalue weighted by Crippen LogP contribution is 2.39. The fourth-order valence-corrected chi connectivity index (χ4v) is 4.57. The molecular formula is C21H25NO4S. The number of rotatable bonds is 8. The Hall–Kier alpha value is -2.34. The van der Waals surface area contributed by atoms with Crippen LogP contribution >= 0.6 is 11.3 Å². The van der Waals surface area contributed by atoms with Crippen LogP contribution in [0, 0.1) is 0 Å². The molecule has 0 bridgehead atoms. The molecule has 6 heteroatoms. The van der Waals surface area contributed by atoms with E-state index in [-0.39, 0.29) is 11.9 Å². The van der Waals surface area contributed by atoms with Gasteiger partial charge in [0.1, 0.15) is 10.8 Å². The van der Waals surface area contributed by atoms with Crippen LogP contribution in [-0.2, 0) is 28.8 Å². The molecule has 2 aromatic rings. The predicted molar refractivity (Wildman–Crippen MR) is 107 cm³/mol. The first kappa shape index (κ1) is 19.4. The highest BCUT2D eigenvalue weighted by atomic mass is 32.1. The summed E-state index contributed by atoms with van der Waals surface area (Å²) in [5, 5.41) is 3.57. The molecule has 1 heterocycles. The topological polar surface area (TPSA) is 64.6 Å². The molecule has 27 heavy (non-hydrogen) atoms. The normalized spacial score (nSPS) is 12.5. The van der Waals surface area contributed by atoms with Crippen molar-refractivity contribution in [3.63, 3.8) is 0 Å². The number of nitrogens with one attached hydrogen (secondary N) is 1. The summed E-state index contributed by atoms with van der Waals surface area (Å²) in [7, 11) is 0. The molecule has 1 aromatic carbocycles. The van der Waals surface area contributed by atoms with Gasteiger partial charge in [-0.25, -0.2) is 4.79 Å². The van der Waals surface area contributed by atoms with Crippen molar-refractivity contribution in [2.24, 2.45) is 0 Å². The van der Waals surface area contributed by atoms with E-state index in [1.54, 1.807) is 6.92 Å². The fourth-order valence-electron chi connectivity index (χ4n) is 3.28. The standard InChI is InChI=1S/C21H25NO4S/c1-3-25-15-11-8-14(9-12-15)10-13-18(23)22-20-19(21(24)26-4-2)16-6-5-7-17(16)27-20/h8-9,11-12H,3-7,10,13H2,1-2H3,(H,22,23). The van der Waals surface area contributed by atoms with Crippen molar-refractivity contribution in [3.05, 3.63) is 45.8 Å².